The topological polar surface area (TPSA) is 39.4 Å². The van der Waals surface area contributed by atoms with E-state index in [2.05, 4.69) is 30.7 Å². The molecule has 4 nitrogen and oxygen atoms in total. The zero-order chi connectivity index (χ0) is 16.0. The number of nitrogens with zero attached hydrogens (tertiary/aromatic N) is 3. The summed E-state index contributed by atoms with van der Waals surface area (Å²) in [6, 6.07) is 1.36. The zero-order valence-electron chi connectivity index (χ0n) is 10.1. The van der Waals surface area contributed by atoms with Crippen LogP contribution < -0.4 is 4.74 Å². The molecule has 2 heterocycles. The highest BCUT2D eigenvalue weighted by Crippen LogP contribution is 2.34. The van der Waals surface area contributed by atoms with Crippen LogP contribution in [0.1, 0.15) is 12.5 Å². The zero-order valence-corrected chi connectivity index (χ0v) is 11.7. The second-order valence-electron chi connectivity index (χ2n) is 4.00. The summed E-state index contributed by atoms with van der Waals surface area (Å²) in [6.45, 7) is 0.732. The fraction of sp³-hybridized carbons (Fsp3) is 0.400. The molecule has 0 aliphatic heterocycles. The van der Waals surface area contributed by atoms with Crippen LogP contribution in [-0.4, -0.2) is 26.9 Å². The molecule has 0 aliphatic carbocycles. The summed E-state index contributed by atoms with van der Waals surface area (Å²) in [6.07, 6.45) is -11.6. The minimum atomic E-state index is -4.72. The second-order valence-corrected chi connectivity index (χ2v) is 4.71. The number of pyridine rings is 1. The molecule has 0 fully saturated rings. The Balaban J connectivity index is 2.53. The number of hydrogen-bond donors (Lipinski definition) is 0. The lowest BCUT2D eigenvalue weighted by Gasteiger charge is -2.18. The minimum Gasteiger partial charge on any atom is -0.465 e. The quantitative estimate of drug-likeness (QED) is 0.746. The Hall–Kier alpha value is -1.52. The molecule has 0 amide bonds. The van der Waals surface area contributed by atoms with Gasteiger partial charge in [0.15, 0.2) is 11.8 Å². The lowest BCUT2D eigenvalue weighted by molar-refractivity contribution is -0.190. The molecule has 2 rings (SSSR count). The molecule has 1 atom stereocenters. The van der Waals surface area contributed by atoms with Crippen LogP contribution in [0.2, 0.25) is 0 Å². The second kappa shape index (κ2) is 5.04. The van der Waals surface area contributed by atoms with Gasteiger partial charge in [-0.3, -0.25) is 0 Å². The summed E-state index contributed by atoms with van der Waals surface area (Å²) in [7, 11) is 0. The van der Waals surface area contributed by atoms with E-state index in [9.17, 15) is 26.3 Å². The number of aromatic nitrogens is 3. The van der Waals surface area contributed by atoms with E-state index in [1.807, 2.05) is 0 Å². The van der Waals surface area contributed by atoms with Crippen LogP contribution in [0.4, 0.5) is 26.3 Å². The molecule has 0 unspecified atom stereocenters. The Bertz CT molecular complexity index is 665. The summed E-state index contributed by atoms with van der Waals surface area (Å²) < 4.78 is 80.7. The Kier molecular flexibility index (Phi) is 3.80. The highest BCUT2D eigenvalue weighted by molar-refractivity contribution is 9.10. The largest absolute Gasteiger partial charge is 0.465 e. The van der Waals surface area contributed by atoms with Gasteiger partial charge in [0.05, 0.1) is 0 Å². The van der Waals surface area contributed by atoms with E-state index in [-0.39, 0.29) is 4.73 Å². The van der Waals surface area contributed by atoms with E-state index in [0.29, 0.717) is 10.6 Å². The average Bonchev–Trinajstić information content (AvgIpc) is 2.67. The van der Waals surface area contributed by atoms with Crippen molar-refractivity contribution in [3.8, 4) is 5.88 Å². The molecule has 0 N–H and O–H groups in total. The Morgan fingerprint density at radius 2 is 1.81 bits per heavy atom. The molecule has 0 bridgehead atoms. The molecular formula is C10H6BrF6N3O. The van der Waals surface area contributed by atoms with Gasteiger partial charge in [-0.15, -0.1) is 5.10 Å². The molecule has 21 heavy (non-hydrogen) atoms. The first-order valence-electron chi connectivity index (χ1n) is 5.36. The number of halogens is 7. The molecule has 0 radical (unpaired) electrons. The number of hydrogen-bond acceptors (Lipinski definition) is 3. The van der Waals surface area contributed by atoms with Crippen LogP contribution >= 0.6 is 15.9 Å². The van der Waals surface area contributed by atoms with Gasteiger partial charge in [-0.05, 0) is 28.9 Å². The summed E-state index contributed by atoms with van der Waals surface area (Å²) in [5.74, 6) is -0.499. The predicted octanol–water partition coefficient (Wildman–Crippen LogP) is 3.84. The van der Waals surface area contributed by atoms with Crippen molar-refractivity contribution in [2.45, 2.75) is 25.4 Å². The maximum atomic E-state index is 12.8. The van der Waals surface area contributed by atoms with Crippen molar-refractivity contribution in [3.05, 3.63) is 22.4 Å². The third-order valence-electron chi connectivity index (χ3n) is 2.49. The van der Waals surface area contributed by atoms with Crippen molar-refractivity contribution in [1.82, 2.24) is 14.6 Å². The van der Waals surface area contributed by atoms with Crippen LogP contribution in [0, 0.1) is 0 Å². The van der Waals surface area contributed by atoms with Crippen molar-refractivity contribution >= 4 is 21.6 Å². The van der Waals surface area contributed by atoms with E-state index < -0.39 is 35.5 Å². The number of fused-ring (bicyclic) bond motifs is 1. The highest BCUT2D eigenvalue weighted by atomic mass is 79.9. The molecule has 116 valence electrons. The highest BCUT2D eigenvalue weighted by Gasteiger charge is 2.39. The molecular weight excluding hydrogens is 372 g/mol. The standard InChI is InChI=1S/C10H6BrF6N3O/c1-4(9(12,13)14)21-6-3-2-5(10(15,16)17)7-18-8(11)19-20(6)7/h2-4H,1H3/t4-/m0/s1. The third-order valence-corrected chi connectivity index (χ3v) is 2.82. The van der Waals surface area contributed by atoms with Gasteiger partial charge in [-0.1, -0.05) is 0 Å². The van der Waals surface area contributed by atoms with Gasteiger partial charge in [0.1, 0.15) is 5.56 Å². The smallest absolute Gasteiger partial charge is 0.425 e. The van der Waals surface area contributed by atoms with E-state index in [1.54, 1.807) is 0 Å². The molecule has 0 aliphatic rings. The lowest BCUT2D eigenvalue weighted by Crippen LogP contribution is -2.31. The van der Waals surface area contributed by atoms with Gasteiger partial charge in [-0.25, -0.2) is 4.98 Å². The normalized spacial score (nSPS) is 14.5. The van der Waals surface area contributed by atoms with Crippen molar-refractivity contribution in [2.24, 2.45) is 0 Å². The van der Waals surface area contributed by atoms with Gasteiger partial charge in [0, 0.05) is 6.07 Å². The molecule has 0 saturated carbocycles. The van der Waals surface area contributed by atoms with Gasteiger partial charge in [0.2, 0.25) is 10.6 Å². The maximum absolute atomic E-state index is 12.8. The third kappa shape index (κ3) is 3.22. The molecule has 2 aromatic rings. The van der Waals surface area contributed by atoms with Crippen LogP contribution in [-0.2, 0) is 6.18 Å². The number of ether oxygens (including phenoxy) is 1. The van der Waals surface area contributed by atoms with E-state index in [0.717, 1.165) is 13.0 Å². The fourth-order valence-corrected chi connectivity index (χ4v) is 1.80. The molecule has 0 aromatic carbocycles. The first-order valence-corrected chi connectivity index (χ1v) is 6.15. The van der Waals surface area contributed by atoms with Gasteiger partial charge < -0.3 is 4.74 Å². The minimum absolute atomic E-state index is 0.205. The van der Waals surface area contributed by atoms with E-state index in [1.165, 1.54) is 0 Å². The van der Waals surface area contributed by atoms with Gasteiger partial charge >= 0.3 is 12.4 Å². The fourth-order valence-electron chi connectivity index (χ4n) is 1.47. The van der Waals surface area contributed by atoms with Crippen molar-refractivity contribution in [3.63, 3.8) is 0 Å². The number of alkyl halides is 6. The molecule has 0 saturated heterocycles. The predicted molar refractivity (Wildman–Crippen MR) is 61.8 cm³/mol. The SMILES string of the molecule is C[C@H](Oc1ccc(C(F)(F)F)c2nc(Br)nn12)C(F)(F)F. The van der Waals surface area contributed by atoms with Crippen LogP contribution in [0.15, 0.2) is 16.9 Å². The Labute approximate surface area is 121 Å². The lowest BCUT2D eigenvalue weighted by atomic mass is 10.2. The number of rotatable bonds is 2. The van der Waals surface area contributed by atoms with Crippen LogP contribution in [0.5, 0.6) is 5.88 Å². The Morgan fingerprint density at radius 3 is 2.33 bits per heavy atom. The monoisotopic (exact) mass is 377 g/mol. The van der Waals surface area contributed by atoms with Crippen LogP contribution in [0.25, 0.3) is 5.65 Å². The average molecular weight is 378 g/mol. The van der Waals surface area contributed by atoms with E-state index >= 15 is 0 Å². The Morgan fingerprint density at radius 1 is 1.19 bits per heavy atom. The first kappa shape index (κ1) is 15.9. The molecule has 2 aromatic heterocycles. The van der Waals surface area contributed by atoms with Crippen LogP contribution in [0.3, 0.4) is 0 Å². The van der Waals surface area contributed by atoms with Crippen molar-refractivity contribution < 1.29 is 31.1 Å². The molecule has 0 spiro atoms. The van der Waals surface area contributed by atoms with Gasteiger partial charge in [-0.2, -0.15) is 30.9 Å². The first-order chi connectivity index (χ1) is 9.50. The summed E-state index contributed by atoms with van der Waals surface area (Å²) in [5, 5.41) is 3.55. The summed E-state index contributed by atoms with van der Waals surface area (Å²) in [4.78, 5) is 3.50. The summed E-state index contributed by atoms with van der Waals surface area (Å²) in [5.41, 5.74) is -1.78. The van der Waals surface area contributed by atoms with E-state index in [4.69, 9.17) is 0 Å². The van der Waals surface area contributed by atoms with Gasteiger partial charge in [0.25, 0.3) is 0 Å². The van der Waals surface area contributed by atoms with Crippen molar-refractivity contribution in [1.29, 1.82) is 0 Å². The van der Waals surface area contributed by atoms with Crippen molar-refractivity contribution in [2.75, 3.05) is 0 Å². The molecule has 11 heteroatoms. The summed E-state index contributed by atoms with van der Waals surface area (Å²) >= 11 is 2.78. The maximum Gasteiger partial charge on any atom is 0.425 e.